The van der Waals surface area contributed by atoms with Crippen molar-refractivity contribution in [2.75, 3.05) is 0 Å². The van der Waals surface area contributed by atoms with Crippen LogP contribution in [-0.2, 0) is 17.1 Å². The summed E-state index contributed by atoms with van der Waals surface area (Å²) in [6, 6.07) is 18.2. The molecule has 4 rings (SSSR count). The first kappa shape index (κ1) is 18.7. The van der Waals surface area contributed by atoms with E-state index in [0.717, 1.165) is 22.5 Å². The number of hydrogen-bond donors (Lipinski definition) is 1. The van der Waals surface area contributed by atoms with Gasteiger partial charge in [-0.25, -0.2) is 12.1 Å². The Balaban J connectivity index is 0.000000325. The Morgan fingerprint density at radius 2 is 1.64 bits per heavy atom. The summed E-state index contributed by atoms with van der Waals surface area (Å²) in [5.41, 5.74) is 10.8. The van der Waals surface area contributed by atoms with Gasteiger partial charge in [0.15, 0.2) is 0 Å². The maximum Gasteiger partial charge on any atom is 2.00 e. The van der Waals surface area contributed by atoms with E-state index in [1.807, 2.05) is 72.8 Å². The Morgan fingerprint density at radius 3 is 2.20 bits per heavy atom. The number of guanidine groups is 1. The molecular formula is C21H19FeN3. The quantitative estimate of drug-likeness (QED) is 0.569. The molecule has 0 aromatic heterocycles. The molecule has 4 heteroatoms. The van der Waals surface area contributed by atoms with Gasteiger partial charge >= 0.3 is 17.1 Å². The van der Waals surface area contributed by atoms with Gasteiger partial charge in [-0.15, -0.1) is 0 Å². The predicted octanol–water partition coefficient (Wildman–Crippen LogP) is 4.82. The van der Waals surface area contributed by atoms with Crippen molar-refractivity contribution >= 4 is 11.7 Å². The number of aliphatic imine (C=N–C) groups is 1. The van der Waals surface area contributed by atoms with E-state index in [9.17, 15) is 0 Å². The molecule has 0 unspecified atom stereocenters. The summed E-state index contributed by atoms with van der Waals surface area (Å²) in [4.78, 5) is 4.31. The average Bonchev–Trinajstić information content (AvgIpc) is 3.31. The molecule has 0 spiro atoms. The van der Waals surface area contributed by atoms with Crippen LogP contribution < -0.4 is 5.73 Å². The first-order valence-electron chi connectivity index (χ1n) is 7.83. The minimum Gasteiger partial charge on any atom is -0.453 e. The first-order valence-corrected chi connectivity index (χ1v) is 7.83. The molecule has 25 heavy (non-hydrogen) atoms. The summed E-state index contributed by atoms with van der Waals surface area (Å²) in [5.74, 6) is 0.300. The summed E-state index contributed by atoms with van der Waals surface area (Å²) < 4.78 is 0. The van der Waals surface area contributed by atoms with Crippen molar-refractivity contribution in [3.8, 4) is 0 Å². The third kappa shape index (κ3) is 5.15. The third-order valence-electron chi connectivity index (χ3n) is 3.60. The van der Waals surface area contributed by atoms with E-state index in [0.29, 0.717) is 5.96 Å². The molecule has 126 valence electrons. The summed E-state index contributed by atoms with van der Waals surface area (Å²) in [6.45, 7) is 2.06. The van der Waals surface area contributed by atoms with Crippen molar-refractivity contribution in [1.82, 2.24) is 0 Å². The van der Waals surface area contributed by atoms with Gasteiger partial charge in [0, 0.05) is 17.4 Å². The second kappa shape index (κ2) is 8.97. The van der Waals surface area contributed by atoms with E-state index in [-0.39, 0.29) is 17.1 Å². The summed E-state index contributed by atoms with van der Waals surface area (Å²) in [5, 5.41) is 4.29. The Labute approximate surface area is 159 Å². The molecule has 0 fully saturated rings. The molecule has 1 heterocycles. The zero-order chi connectivity index (χ0) is 16.8. The Kier molecular flexibility index (Phi) is 6.70. The summed E-state index contributed by atoms with van der Waals surface area (Å²) in [7, 11) is 0. The van der Waals surface area contributed by atoms with Crippen molar-refractivity contribution in [2.24, 2.45) is 10.7 Å². The van der Waals surface area contributed by atoms with Gasteiger partial charge in [0.1, 0.15) is 0 Å². The Morgan fingerprint density at radius 1 is 1.00 bits per heavy atom. The first-order chi connectivity index (χ1) is 11.7. The van der Waals surface area contributed by atoms with Crippen LogP contribution in [0, 0.1) is 6.92 Å². The Hall–Kier alpha value is -2.68. The van der Waals surface area contributed by atoms with E-state index in [1.165, 1.54) is 5.56 Å². The molecule has 0 saturated heterocycles. The Bertz CT molecular complexity index is 805. The van der Waals surface area contributed by atoms with Gasteiger partial charge in [-0.3, -0.25) is 0 Å². The molecular weight excluding hydrogens is 350 g/mol. The largest absolute Gasteiger partial charge is 2.00 e. The zero-order valence-electron chi connectivity index (χ0n) is 13.9. The van der Waals surface area contributed by atoms with Crippen LogP contribution >= 0.6 is 0 Å². The fraction of sp³-hybridized carbons (Fsp3) is 0.0476. The van der Waals surface area contributed by atoms with Crippen molar-refractivity contribution < 1.29 is 17.1 Å². The van der Waals surface area contributed by atoms with Crippen LogP contribution in [0.25, 0.3) is 11.0 Å². The minimum absolute atomic E-state index is 0. The molecule has 2 aliphatic rings. The average molecular weight is 369 g/mol. The van der Waals surface area contributed by atoms with Crippen LogP contribution in [0.5, 0.6) is 0 Å². The van der Waals surface area contributed by atoms with E-state index in [4.69, 9.17) is 5.73 Å². The molecule has 0 saturated carbocycles. The number of nitrogens with zero attached hydrogens (tertiary/aromatic N) is 2. The van der Waals surface area contributed by atoms with Crippen molar-refractivity contribution in [3.05, 3.63) is 113 Å². The topological polar surface area (TPSA) is 52.5 Å². The maximum atomic E-state index is 5.81. The van der Waals surface area contributed by atoms with E-state index < -0.39 is 0 Å². The molecule has 2 aromatic rings. The molecule has 2 aromatic carbocycles. The van der Waals surface area contributed by atoms with Crippen LogP contribution in [-0.4, -0.2) is 5.96 Å². The molecule has 1 aliphatic heterocycles. The van der Waals surface area contributed by atoms with E-state index >= 15 is 0 Å². The van der Waals surface area contributed by atoms with Crippen LogP contribution in [0.1, 0.15) is 11.1 Å². The fourth-order valence-corrected chi connectivity index (χ4v) is 2.35. The summed E-state index contributed by atoms with van der Waals surface area (Å²) >= 11 is 0. The summed E-state index contributed by atoms with van der Waals surface area (Å²) in [6.07, 6.45) is 9.97. The zero-order valence-corrected chi connectivity index (χ0v) is 15.0. The number of rotatable bonds is 1. The molecule has 0 amide bonds. The second-order valence-corrected chi connectivity index (χ2v) is 5.50. The van der Waals surface area contributed by atoms with Crippen LogP contribution in [0.4, 0.5) is 0 Å². The normalized spacial score (nSPS) is 14.8. The minimum atomic E-state index is 0. The van der Waals surface area contributed by atoms with E-state index in [2.05, 4.69) is 29.4 Å². The number of benzene rings is 1. The molecule has 0 radical (unpaired) electrons. The van der Waals surface area contributed by atoms with Gasteiger partial charge < -0.3 is 16.0 Å². The fourth-order valence-electron chi connectivity index (χ4n) is 2.35. The molecule has 2 N–H and O–H groups in total. The molecule has 0 bridgehead atoms. The molecule has 3 nitrogen and oxygen atoms in total. The van der Waals surface area contributed by atoms with Crippen LogP contribution in [0.3, 0.4) is 0 Å². The number of allylic oxidation sites excluding steroid dienone is 6. The van der Waals surface area contributed by atoms with Crippen LogP contribution in [0.15, 0.2) is 101 Å². The van der Waals surface area contributed by atoms with Crippen molar-refractivity contribution in [1.29, 1.82) is 0 Å². The van der Waals surface area contributed by atoms with E-state index in [1.54, 1.807) is 0 Å². The smallest absolute Gasteiger partial charge is 0.453 e. The van der Waals surface area contributed by atoms with Crippen molar-refractivity contribution in [3.63, 3.8) is 0 Å². The van der Waals surface area contributed by atoms with Gasteiger partial charge in [0.2, 0.25) is 0 Å². The van der Waals surface area contributed by atoms with Gasteiger partial charge in [-0.2, -0.15) is 18.2 Å². The van der Waals surface area contributed by atoms with Crippen LogP contribution in [0.2, 0.25) is 0 Å². The maximum absolute atomic E-state index is 5.81. The van der Waals surface area contributed by atoms with Gasteiger partial charge in [0.25, 0.3) is 0 Å². The number of aryl methyl sites for hydroxylation is 1. The van der Waals surface area contributed by atoms with Gasteiger partial charge in [0.05, 0.1) is 0 Å². The van der Waals surface area contributed by atoms with Gasteiger partial charge in [-0.05, 0) is 24.1 Å². The number of hydrogen-bond acceptors (Lipinski definition) is 2. The van der Waals surface area contributed by atoms with Crippen molar-refractivity contribution in [2.45, 2.75) is 6.92 Å². The molecule has 0 atom stereocenters. The standard InChI is InChI=1S/C16H14N3.C5H5.Fe/c1-11-6-8-13(9-7-11)15-10-14(18-16(17)19-15)12-4-2-3-5-12;1-2-4-5-3-1;/h2-10H,1H3,(H2-,17,18,19);1-5H;/q2*-1;+2. The predicted molar refractivity (Wildman–Crippen MR) is 101 cm³/mol. The third-order valence-corrected chi connectivity index (χ3v) is 3.60. The molecule has 1 aliphatic carbocycles. The second-order valence-electron chi connectivity index (χ2n) is 5.50. The SMILES string of the molecule is Cc1ccc(C2=CC(=C3C=CC=C3)[N-]C(N)=N2)cc1.[Fe+2].c1cc[cH-]c1. The monoisotopic (exact) mass is 369 g/mol. The van der Waals surface area contributed by atoms with Gasteiger partial charge in [-0.1, -0.05) is 54.1 Å². The number of nitrogens with two attached hydrogens (primary N) is 1.